The summed E-state index contributed by atoms with van der Waals surface area (Å²) in [6, 6.07) is 4.68. The summed E-state index contributed by atoms with van der Waals surface area (Å²) in [6.07, 6.45) is 1.65. The molecule has 0 spiro atoms. The standard InChI is InChI=1S/C14H15FN4O2/c1-2-7-17-14(21)11-8-12(13(16)20)19(18-11)10-5-3-9(15)4-6-10/h2-6,12H,1,7-8H2,(H2,16,20)(H,17,21). The molecule has 1 heterocycles. The van der Waals surface area contributed by atoms with Crippen LogP contribution in [0.2, 0.25) is 0 Å². The quantitative estimate of drug-likeness (QED) is 0.776. The van der Waals surface area contributed by atoms with E-state index in [9.17, 15) is 14.0 Å². The van der Waals surface area contributed by atoms with Gasteiger partial charge in [-0.25, -0.2) is 4.39 Å². The first-order valence-electron chi connectivity index (χ1n) is 6.33. The lowest BCUT2D eigenvalue weighted by Crippen LogP contribution is -2.39. The molecular weight excluding hydrogens is 275 g/mol. The van der Waals surface area contributed by atoms with Crippen molar-refractivity contribution in [3.05, 3.63) is 42.7 Å². The number of carbonyl (C=O) groups is 2. The molecule has 2 rings (SSSR count). The van der Waals surface area contributed by atoms with Gasteiger partial charge in [-0.3, -0.25) is 14.6 Å². The number of carbonyl (C=O) groups excluding carboxylic acids is 2. The third-order valence-corrected chi connectivity index (χ3v) is 3.00. The SMILES string of the molecule is C=CCNC(=O)C1=NN(c2ccc(F)cc2)C(C(N)=O)C1. The first-order chi connectivity index (χ1) is 10.0. The van der Waals surface area contributed by atoms with Gasteiger partial charge >= 0.3 is 0 Å². The molecule has 1 aromatic carbocycles. The Balaban J connectivity index is 2.25. The smallest absolute Gasteiger partial charge is 0.267 e. The van der Waals surface area contributed by atoms with Gasteiger partial charge in [-0.15, -0.1) is 6.58 Å². The number of halogens is 1. The Bertz CT molecular complexity index is 597. The fourth-order valence-electron chi connectivity index (χ4n) is 1.97. The molecule has 21 heavy (non-hydrogen) atoms. The van der Waals surface area contributed by atoms with E-state index < -0.39 is 17.8 Å². The van der Waals surface area contributed by atoms with Crippen molar-refractivity contribution in [1.29, 1.82) is 0 Å². The van der Waals surface area contributed by atoms with Crippen molar-refractivity contribution < 1.29 is 14.0 Å². The molecule has 0 aliphatic carbocycles. The van der Waals surface area contributed by atoms with Crippen LogP contribution < -0.4 is 16.1 Å². The summed E-state index contributed by atoms with van der Waals surface area (Å²) < 4.78 is 13.0. The molecule has 0 saturated heterocycles. The zero-order valence-corrected chi connectivity index (χ0v) is 11.3. The normalized spacial score (nSPS) is 17.3. The second-order valence-electron chi connectivity index (χ2n) is 4.49. The summed E-state index contributed by atoms with van der Waals surface area (Å²) in [5, 5.41) is 8.05. The second-order valence-corrected chi connectivity index (χ2v) is 4.49. The number of anilines is 1. The molecule has 7 heteroatoms. The monoisotopic (exact) mass is 290 g/mol. The molecule has 1 unspecified atom stereocenters. The van der Waals surface area contributed by atoms with Gasteiger partial charge in [-0.05, 0) is 24.3 Å². The Morgan fingerprint density at radius 1 is 1.48 bits per heavy atom. The van der Waals surface area contributed by atoms with Crippen molar-refractivity contribution in [2.24, 2.45) is 10.8 Å². The Hall–Kier alpha value is -2.70. The molecule has 6 nitrogen and oxygen atoms in total. The molecular formula is C14H15FN4O2. The topological polar surface area (TPSA) is 87.8 Å². The minimum atomic E-state index is -0.764. The van der Waals surface area contributed by atoms with E-state index in [0.717, 1.165) is 0 Å². The molecule has 1 aliphatic heterocycles. The fraction of sp³-hybridized carbons (Fsp3) is 0.214. The Labute approximate surface area is 121 Å². The second kappa shape index (κ2) is 6.17. The van der Waals surface area contributed by atoms with Gasteiger partial charge < -0.3 is 11.1 Å². The van der Waals surface area contributed by atoms with Gasteiger partial charge in [0.2, 0.25) is 5.91 Å². The first kappa shape index (κ1) is 14.7. The van der Waals surface area contributed by atoms with Crippen LogP contribution in [0.5, 0.6) is 0 Å². The molecule has 1 aliphatic rings. The summed E-state index contributed by atoms with van der Waals surface area (Å²) in [5.41, 5.74) is 6.03. The maximum Gasteiger partial charge on any atom is 0.267 e. The number of hydrogen-bond donors (Lipinski definition) is 2. The summed E-state index contributed by atoms with van der Waals surface area (Å²) >= 11 is 0. The van der Waals surface area contributed by atoms with Crippen LogP contribution in [0.15, 0.2) is 42.0 Å². The van der Waals surface area contributed by atoms with Crippen molar-refractivity contribution in [2.75, 3.05) is 11.6 Å². The summed E-state index contributed by atoms with van der Waals surface area (Å²) in [7, 11) is 0. The van der Waals surface area contributed by atoms with E-state index in [1.165, 1.54) is 35.4 Å². The highest BCUT2D eigenvalue weighted by atomic mass is 19.1. The van der Waals surface area contributed by atoms with Crippen molar-refractivity contribution in [3.8, 4) is 0 Å². The van der Waals surface area contributed by atoms with E-state index in [1.807, 2.05) is 0 Å². The minimum Gasteiger partial charge on any atom is -0.368 e. The summed E-state index contributed by atoms with van der Waals surface area (Å²) in [6.45, 7) is 3.80. The molecule has 1 aromatic rings. The number of primary amides is 1. The number of nitrogens with one attached hydrogen (secondary N) is 1. The van der Waals surface area contributed by atoms with E-state index in [4.69, 9.17) is 5.73 Å². The van der Waals surface area contributed by atoms with Crippen molar-refractivity contribution in [1.82, 2.24) is 5.32 Å². The zero-order valence-electron chi connectivity index (χ0n) is 11.3. The predicted molar refractivity (Wildman–Crippen MR) is 77.1 cm³/mol. The van der Waals surface area contributed by atoms with E-state index >= 15 is 0 Å². The van der Waals surface area contributed by atoms with Crippen LogP contribution in [0, 0.1) is 5.82 Å². The molecule has 0 aromatic heterocycles. The molecule has 0 bridgehead atoms. The number of amides is 2. The van der Waals surface area contributed by atoms with Crippen LogP contribution in [0.4, 0.5) is 10.1 Å². The van der Waals surface area contributed by atoms with Gasteiger partial charge in [0, 0.05) is 13.0 Å². The lowest BCUT2D eigenvalue weighted by molar-refractivity contribution is -0.119. The number of hydrazone groups is 1. The van der Waals surface area contributed by atoms with Crippen LogP contribution in [0.1, 0.15) is 6.42 Å². The van der Waals surface area contributed by atoms with Crippen molar-refractivity contribution in [2.45, 2.75) is 12.5 Å². The molecule has 0 radical (unpaired) electrons. The van der Waals surface area contributed by atoms with E-state index in [2.05, 4.69) is 17.0 Å². The largest absolute Gasteiger partial charge is 0.368 e. The average molecular weight is 290 g/mol. The van der Waals surface area contributed by atoms with Crippen molar-refractivity contribution in [3.63, 3.8) is 0 Å². The lowest BCUT2D eigenvalue weighted by Gasteiger charge is -2.20. The third kappa shape index (κ3) is 3.25. The molecule has 110 valence electrons. The first-order valence-corrected chi connectivity index (χ1v) is 6.33. The van der Waals surface area contributed by atoms with E-state index in [1.54, 1.807) is 0 Å². The average Bonchev–Trinajstić information content (AvgIpc) is 2.91. The number of benzene rings is 1. The highest BCUT2D eigenvalue weighted by Crippen LogP contribution is 2.24. The third-order valence-electron chi connectivity index (χ3n) is 3.00. The fourth-order valence-corrected chi connectivity index (χ4v) is 1.97. The van der Waals surface area contributed by atoms with Crippen LogP contribution in [0.3, 0.4) is 0 Å². The van der Waals surface area contributed by atoms with E-state index in [0.29, 0.717) is 12.2 Å². The Kier molecular flexibility index (Phi) is 4.32. The van der Waals surface area contributed by atoms with Gasteiger partial charge in [0.25, 0.3) is 5.91 Å². The number of nitrogens with zero attached hydrogens (tertiary/aromatic N) is 2. The van der Waals surface area contributed by atoms with Crippen LogP contribution >= 0.6 is 0 Å². The highest BCUT2D eigenvalue weighted by Gasteiger charge is 2.34. The number of hydrogen-bond acceptors (Lipinski definition) is 4. The minimum absolute atomic E-state index is 0.107. The maximum absolute atomic E-state index is 13.0. The molecule has 1 atom stereocenters. The van der Waals surface area contributed by atoms with Gasteiger partial charge in [-0.1, -0.05) is 6.08 Å². The molecule has 3 N–H and O–H groups in total. The summed E-state index contributed by atoms with van der Waals surface area (Å²) in [5.74, 6) is -1.39. The highest BCUT2D eigenvalue weighted by molar-refractivity contribution is 6.40. The van der Waals surface area contributed by atoms with Crippen LogP contribution in [-0.4, -0.2) is 30.1 Å². The van der Waals surface area contributed by atoms with Gasteiger partial charge in [0.1, 0.15) is 17.6 Å². The molecule has 2 amide bonds. The Morgan fingerprint density at radius 2 is 2.14 bits per heavy atom. The summed E-state index contributed by atoms with van der Waals surface area (Å²) in [4.78, 5) is 23.4. The molecule has 0 saturated carbocycles. The lowest BCUT2D eigenvalue weighted by atomic mass is 10.1. The Morgan fingerprint density at radius 3 is 2.71 bits per heavy atom. The number of nitrogens with two attached hydrogens (primary N) is 1. The van der Waals surface area contributed by atoms with Gasteiger partial charge in [0.15, 0.2) is 0 Å². The van der Waals surface area contributed by atoms with Gasteiger partial charge in [-0.2, -0.15) is 5.10 Å². The molecule has 0 fully saturated rings. The van der Waals surface area contributed by atoms with Crippen LogP contribution in [0.25, 0.3) is 0 Å². The van der Waals surface area contributed by atoms with Gasteiger partial charge in [0.05, 0.1) is 5.69 Å². The number of rotatable bonds is 5. The predicted octanol–water partition coefficient (Wildman–Crippen LogP) is 0.548. The van der Waals surface area contributed by atoms with Crippen LogP contribution in [-0.2, 0) is 9.59 Å². The van der Waals surface area contributed by atoms with Crippen molar-refractivity contribution >= 4 is 23.2 Å². The maximum atomic E-state index is 13.0. The zero-order chi connectivity index (χ0) is 15.4. The van der Waals surface area contributed by atoms with E-state index in [-0.39, 0.29) is 18.0 Å².